The van der Waals surface area contributed by atoms with Gasteiger partial charge in [0.15, 0.2) is 0 Å². The topological polar surface area (TPSA) is 78.3 Å². The SMILES string of the molecule is CNc1c(NC)n(NC)c2ccc(C(=O)O)cc12. The normalized spacial score (nSPS) is 10.4. The molecule has 96 valence electrons. The van der Waals surface area contributed by atoms with E-state index in [0.29, 0.717) is 0 Å². The first kappa shape index (κ1) is 12.1. The molecule has 0 bridgehead atoms. The van der Waals surface area contributed by atoms with Crippen molar-refractivity contribution >= 4 is 28.4 Å². The fourth-order valence-corrected chi connectivity index (χ4v) is 2.15. The Bertz CT molecular complexity index is 604. The number of hydrogen-bond acceptors (Lipinski definition) is 4. The Morgan fingerprint density at radius 1 is 1.22 bits per heavy atom. The van der Waals surface area contributed by atoms with Crippen LogP contribution in [-0.4, -0.2) is 36.9 Å². The maximum Gasteiger partial charge on any atom is 0.335 e. The molecule has 6 nitrogen and oxygen atoms in total. The van der Waals surface area contributed by atoms with Gasteiger partial charge >= 0.3 is 5.97 Å². The van der Waals surface area contributed by atoms with E-state index in [1.54, 1.807) is 18.2 Å². The van der Waals surface area contributed by atoms with Crippen LogP contribution >= 0.6 is 0 Å². The number of carbonyl (C=O) groups is 1. The zero-order chi connectivity index (χ0) is 13.3. The fourth-order valence-electron chi connectivity index (χ4n) is 2.15. The van der Waals surface area contributed by atoms with Gasteiger partial charge in [0.05, 0.1) is 16.8 Å². The Morgan fingerprint density at radius 3 is 2.44 bits per heavy atom. The molecule has 1 aromatic heterocycles. The highest BCUT2D eigenvalue weighted by Crippen LogP contribution is 2.34. The summed E-state index contributed by atoms with van der Waals surface area (Å²) in [5, 5.41) is 16.1. The number of aromatic carboxylic acids is 1. The molecule has 1 heterocycles. The molecule has 4 N–H and O–H groups in total. The van der Waals surface area contributed by atoms with Gasteiger partial charge in [0.25, 0.3) is 0 Å². The molecule has 0 radical (unpaired) electrons. The van der Waals surface area contributed by atoms with Crippen LogP contribution in [0.5, 0.6) is 0 Å². The molecule has 18 heavy (non-hydrogen) atoms. The van der Waals surface area contributed by atoms with Gasteiger partial charge in [-0.3, -0.25) is 0 Å². The summed E-state index contributed by atoms with van der Waals surface area (Å²) in [6.07, 6.45) is 0. The zero-order valence-electron chi connectivity index (χ0n) is 10.5. The van der Waals surface area contributed by atoms with Crippen molar-refractivity contribution in [2.45, 2.75) is 0 Å². The van der Waals surface area contributed by atoms with Crippen molar-refractivity contribution in [3.05, 3.63) is 23.8 Å². The average molecular weight is 248 g/mol. The summed E-state index contributed by atoms with van der Waals surface area (Å²) in [6.45, 7) is 0. The van der Waals surface area contributed by atoms with Crippen LogP contribution in [0, 0.1) is 0 Å². The van der Waals surface area contributed by atoms with Crippen LogP contribution in [0.25, 0.3) is 10.9 Å². The van der Waals surface area contributed by atoms with E-state index >= 15 is 0 Å². The molecule has 0 saturated carbocycles. The third-order valence-electron chi connectivity index (χ3n) is 2.92. The summed E-state index contributed by atoms with van der Waals surface area (Å²) in [6, 6.07) is 5.05. The first-order chi connectivity index (χ1) is 8.63. The summed E-state index contributed by atoms with van der Waals surface area (Å²) in [7, 11) is 5.44. The molecule has 0 saturated heterocycles. The van der Waals surface area contributed by atoms with Crippen molar-refractivity contribution < 1.29 is 9.90 Å². The molecule has 0 unspecified atom stereocenters. The second-order valence-corrected chi connectivity index (χ2v) is 3.82. The Balaban J connectivity index is 2.81. The molecule has 0 atom stereocenters. The quantitative estimate of drug-likeness (QED) is 0.661. The lowest BCUT2D eigenvalue weighted by Crippen LogP contribution is -2.12. The number of rotatable bonds is 4. The Labute approximate surface area is 105 Å². The molecule has 0 spiro atoms. The number of nitrogens with one attached hydrogen (secondary N) is 3. The number of aromatic nitrogens is 1. The summed E-state index contributed by atoms with van der Waals surface area (Å²) in [4.78, 5) is 11.0. The van der Waals surface area contributed by atoms with Crippen molar-refractivity contribution in [3.8, 4) is 0 Å². The molecule has 1 aromatic carbocycles. The van der Waals surface area contributed by atoms with Gasteiger partial charge in [-0.1, -0.05) is 0 Å². The van der Waals surface area contributed by atoms with E-state index in [-0.39, 0.29) is 5.56 Å². The molecule has 0 aliphatic carbocycles. The minimum Gasteiger partial charge on any atom is -0.478 e. The fraction of sp³-hybridized carbons (Fsp3) is 0.250. The molecule has 0 amide bonds. The Morgan fingerprint density at radius 2 is 1.94 bits per heavy atom. The van der Waals surface area contributed by atoms with Crippen molar-refractivity contribution in [2.75, 3.05) is 37.2 Å². The Hall–Kier alpha value is -2.37. The van der Waals surface area contributed by atoms with Crippen LogP contribution in [0.15, 0.2) is 18.2 Å². The number of carboxylic acid groups (broad SMARTS) is 1. The van der Waals surface area contributed by atoms with E-state index in [4.69, 9.17) is 5.11 Å². The van der Waals surface area contributed by atoms with Crippen LogP contribution in [0.2, 0.25) is 0 Å². The predicted molar refractivity (Wildman–Crippen MR) is 73.3 cm³/mol. The van der Waals surface area contributed by atoms with Gasteiger partial charge in [-0.2, -0.15) is 0 Å². The first-order valence-corrected chi connectivity index (χ1v) is 5.59. The first-order valence-electron chi connectivity index (χ1n) is 5.59. The van der Waals surface area contributed by atoms with Gasteiger partial charge in [-0.15, -0.1) is 0 Å². The summed E-state index contributed by atoms with van der Waals surface area (Å²) >= 11 is 0. The largest absolute Gasteiger partial charge is 0.478 e. The standard InChI is InChI=1S/C12H16N4O2/c1-13-10-8-6-7(12(17)18)4-5-9(8)16(15-3)11(10)14-2/h4-6,13-15H,1-3H3,(H,17,18). The summed E-state index contributed by atoms with van der Waals surface area (Å²) in [5.74, 6) is -0.0697. The molecule has 0 aliphatic heterocycles. The van der Waals surface area contributed by atoms with E-state index in [1.165, 1.54) is 0 Å². The van der Waals surface area contributed by atoms with Crippen LogP contribution in [0.1, 0.15) is 10.4 Å². The summed E-state index contributed by atoms with van der Waals surface area (Å²) in [5.41, 5.74) is 5.11. The molecular formula is C12H16N4O2. The van der Waals surface area contributed by atoms with Crippen LogP contribution in [0.4, 0.5) is 11.5 Å². The minimum atomic E-state index is -0.929. The monoisotopic (exact) mass is 248 g/mol. The number of hydrogen-bond donors (Lipinski definition) is 4. The highest BCUT2D eigenvalue weighted by atomic mass is 16.4. The molecule has 6 heteroatoms. The maximum atomic E-state index is 11.0. The van der Waals surface area contributed by atoms with E-state index in [1.807, 2.05) is 25.8 Å². The lowest BCUT2D eigenvalue weighted by molar-refractivity contribution is 0.0697. The average Bonchev–Trinajstić information content (AvgIpc) is 2.69. The molecule has 2 rings (SSSR count). The second-order valence-electron chi connectivity index (χ2n) is 3.82. The molecule has 0 fully saturated rings. The number of anilines is 2. The van der Waals surface area contributed by atoms with E-state index in [0.717, 1.165) is 22.4 Å². The highest BCUT2D eigenvalue weighted by Gasteiger charge is 2.16. The minimum absolute atomic E-state index is 0.273. The lowest BCUT2D eigenvalue weighted by atomic mass is 10.1. The van der Waals surface area contributed by atoms with E-state index in [9.17, 15) is 4.79 Å². The smallest absolute Gasteiger partial charge is 0.335 e. The molecular weight excluding hydrogens is 232 g/mol. The number of carboxylic acids is 1. The Kier molecular flexibility index (Phi) is 3.01. The predicted octanol–water partition coefficient (Wildman–Crippen LogP) is 1.60. The van der Waals surface area contributed by atoms with Crippen molar-refractivity contribution in [2.24, 2.45) is 0 Å². The van der Waals surface area contributed by atoms with Gasteiger partial charge < -0.3 is 21.2 Å². The van der Waals surface area contributed by atoms with Gasteiger partial charge in [0.1, 0.15) is 5.82 Å². The van der Waals surface area contributed by atoms with Gasteiger partial charge in [0, 0.05) is 26.5 Å². The van der Waals surface area contributed by atoms with Crippen molar-refractivity contribution in [1.29, 1.82) is 0 Å². The van der Waals surface area contributed by atoms with Gasteiger partial charge in [0.2, 0.25) is 0 Å². The van der Waals surface area contributed by atoms with Gasteiger partial charge in [-0.25, -0.2) is 9.47 Å². The van der Waals surface area contributed by atoms with E-state index in [2.05, 4.69) is 16.1 Å². The zero-order valence-corrected chi connectivity index (χ0v) is 10.5. The van der Waals surface area contributed by atoms with Crippen LogP contribution < -0.4 is 16.1 Å². The van der Waals surface area contributed by atoms with Crippen molar-refractivity contribution in [3.63, 3.8) is 0 Å². The third-order valence-corrected chi connectivity index (χ3v) is 2.92. The van der Waals surface area contributed by atoms with Crippen LogP contribution in [0.3, 0.4) is 0 Å². The molecule has 0 aliphatic rings. The number of fused-ring (bicyclic) bond motifs is 1. The second kappa shape index (κ2) is 4.48. The lowest BCUT2D eigenvalue weighted by Gasteiger charge is -2.09. The number of nitrogens with zero attached hydrogens (tertiary/aromatic N) is 1. The number of benzene rings is 1. The third kappa shape index (κ3) is 1.62. The van der Waals surface area contributed by atoms with Gasteiger partial charge in [-0.05, 0) is 18.2 Å². The van der Waals surface area contributed by atoms with E-state index < -0.39 is 5.97 Å². The highest BCUT2D eigenvalue weighted by molar-refractivity contribution is 6.04. The summed E-state index contributed by atoms with van der Waals surface area (Å²) < 4.78 is 1.87. The molecule has 2 aromatic rings. The van der Waals surface area contributed by atoms with Crippen molar-refractivity contribution in [1.82, 2.24) is 4.68 Å². The maximum absolute atomic E-state index is 11.0. The van der Waals surface area contributed by atoms with Crippen LogP contribution in [-0.2, 0) is 0 Å².